The number of hydrogen-bond acceptors (Lipinski definition) is 3. The number of halogens is 24. The molecule has 6 rings (SSSR count). The fourth-order valence-corrected chi connectivity index (χ4v) is 7.81. The molecular formula is C46H25BF24N2O3. The standard InChI is InChI=1S/C32H12BF24.C14H12N2O3/c34-25(35,36)13-1-14(26(37,38)39)6-21(5-13)33(22-7-15(27(40,41)42)2-16(8-22)28(43,44)45,23-9-17(29(46,47)48)3-18(10-23)30(49,50)51)24-11-19(31(52,53)54)4-20(12-24)32(55,56)57;17-13(11-4-2-1-3-5-11)10-16-7-6-15-9-12(16)8-14(18)19/h1-12H;1-7,9H,8,10H2/q-1;/p+1. The number of aromatic nitrogens is 2. The van der Waals surface area contributed by atoms with Crippen molar-refractivity contribution in [2.24, 2.45) is 0 Å². The van der Waals surface area contributed by atoms with Gasteiger partial charge in [-0.2, -0.15) is 132 Å². The molecule has 1 heterocycles. The zero-order valence-corrected chi connectivity index (χ0v) is 36.8. The summed E-state index contributed by atoms with van der Waals surface area (Å²) in [4.78, 5) is 26.7. The molecule has 0 atom stereocenters. The molecule has 0 bridgehead atoms. The first-order chi connectivity index (χ1) is 34.4. The van der Waals surface area contributed by atoms with Crippen molar-refractivity contribution in [2.45, 2.75) is 62.4 Å². The minimum absolute atomic E-state index is 0.0663. The van der Waals surface area contributed by atoms with Crippen LogP contribution in [0.5, 0.6) is 0 Å². The van der Waals surface area contributed by atoms with Crippen molar-refractivity contribution in [2.75, 3.05) is 0 Å². The number of ketones is 1. The molecular weight excluding hydrogens is 1100 g/mol. The Balaban J connectivity index is 0.000000468. The summed E-state index contributed by atoms with van der Waals surface area (Å²) in [5.41, 5.74) is -29.1. The van der Waals surface area contributed by atoms with E-state index in [4.69, 9.17) is 5.11 Å². The SMILES string of the molecule is FC(F)(F)c1cc([B-](c2cc(C(F)(F)F)cc(C(F)(F)F)c2)(c2cc(C(F)(F)F)cc(C(F)(F)F)c2)c2cc(C(F)(F)F)cc(C(F)(F)F)c2)cc(C(F)(F)F)c1.O=C(O)Cc1cncc[n+]1CC(=O)c1ccccc1. The first-order valence-corrected chi connectivity index (χ1v) is 20.4. The topological polar surface area (TPSA) is 71.1 Å². The van der Waals surface area contributed by atoms with Gasteiger partial charge < -0.3 is 5.11 Å². The van der Waals surface area contributed by atoms with Crippen LogP contribution in [0.15, 0.2) is 122 Å². The van der Waals surface area contributed by atoms with Gasteiger partial charge in [0.05, 0.1) is 56.9 Å². The largest absolute Gasteiger partial charge is 0.481 e. The molecule has 0 spiro atoms. The highest BCUT2D eigenvalue weighted by molar-refractivity contribution is 7.20. The van der Waals surface area contributed by atoms with Crippen LogP contribution in [0.2, 0.25) is 0 Å². The minimum atomic E-state index is -6.13. The third-order valence-corrected chi connectivity index (χ3v) is 11.1. The first kappa shape index (κ1) is 59.6. The second-order valence-electron chi connectivity index (χ2n) is 16.3. The summed E-state index contributed by atoms with van der Waals surface area (Å²) in [5.74, 6) is -1.02. The van der Waals surface area contributed by atoms with Gasteiger partial charge in [0.25, 0.3) is 0 Å². The number of aliphatic carboxylic acids is 1. The lowest BCUT2D eigenvalue weighted by Gasteiger charge is -2.46. The van der Waals surface area contributed by atoms with Gasteiger partial charge in [-0.15, -0.1) is 0 Å². The average molecular weight is 1120 g/mol. The van der Waals surface area contributed by atoms with Gasteiger partial charge in [0.15, 0.2) is 6.20 Å². The average Bonchev–Trinajstić information content (AvgIpc) is 3.27. The Bertz CT molecular complexity index is 2660. The minimum Gasteiger partial charge on any atom is -0.481 e. The summed E-state index contributed by atoms with van der Waals surface area (Å²) in [6.07, 6.45) is -50.4. The number of carboxylic acids is 1. The van der Waals surface area contributed by atoms with Gasteiger partial charge in [-0.25, -0.2) is 0 Å². The molecule has 5 aromatic carbocycles. The van der Waals surface area contributed by atoms with Crippen LogP contribution in [0.3, 0.4) is 0 Å². The molecule has 1 aromatic heterocycles. The van der Waals surface area contributed by atoms with E-state index in [1.165, 1.54) is 12.4 Å². The Hall–Kier alpha value is -7.30. The normalized spacial score (nSPS) is 13.3. The number of Topliss-reactive ketones (excluding diaryl/α,β-unsaturated/α-hetero) is 1. The van der Waals surface area contributed by atoms with Gasteiger partial charge in [-0.1, -0.05) is 78.9 Å². The second-order valence-corrected chi connectivity index (χ2v) is 16.3. The smallest absolute Gasteiger partial charge is 0.416 e. The van der Waals surface area contributed by atoms with E-state index in [0.29, 0.717) is 11.3 Å². The fraction of sp³-hybridized carbons (Fsp3) is 0.217. The monoisotopic (exact) mass is 1120 g/mol. The third-order valence-electron chi connectivity index (χ3n) is 11.1. The number of alkyl halides is 24. The molecule has 30 heteroatoms. The van der Waals surface area contributed by atoms with Crippen LogP contribution in [-0.4, -0.2) is 28.0 Å². The Morgan fingerprint density at radius 3 is 0.921 bits per heavy atom. The molecule has 0 amide bonds. The Morgan fingerprint density at radius 1 is 0.421 bits per heavy atom. The van der Waals surface area contributed by atoms with Gasteiger partial charge in [-0.05, 0) is 24.3 Å². The van der Waals surface area contributed by atoms with Crippen molar-refractivity contribution < 1.29 is 125 Å². The number of nitrogens with zero attached hydrogens (tertiary/aromatic N) is 2. The number of carbonyl (C=O) groups excluding carboxylic acids is 1. The Kier molecular flexibility index (Phi) is 16.2. The maximum absolute atomic E-state index is 14.2. The number of hydrogen-bond donors (Lipinski definition) is 1. The molecule has 0 fully saturated rings. The molecule has 76 heavy (non-hydrogen) atoms. The van der Waals surface area contributed by atoms with E-state index in [1.807, 2.05) is 6.07 Å². The van der Waals surface area contributed by atoms with E-state index in [-0.39, 0.29) is 18.7 Å². The van der Waals surface area contributed by atoms with Crippen molar-refractivity contribution in [3.8, 4) is 0 Å². The number of benzene rings is 5. The lowest BCUT2D eigenvalue weighted by atomic mass is 9.12. The van der Waals surface area contributed by atoms with Crippen molar-refractivity contribution in [1.29, 1.82) is 0 Å². The molecule has 0 aliphatic carbocycles. The predicted molar refractivity (Wildman–Crippen MR) is 217 cm³/mol. The van der Waals surface area contributed by atoms with Crippen LogP contribution >= 0.6 is 0 Å². The zero-order chi connectivity index (χ0) is 57.6. The maximum Gasteiger partial charge on any atom is 0.416 e. The van der Waals surface area contributed by atoms with Crippen LogP contribution in [0.25, 0.3) is 0 Å². The van der Waals surface area contributed by atoms with Gasteiger partial charge in [0, 0.05) is 5.56 Å². The highest BCUT2D eigenvalue weighted by atomic mass is 19.4. The summed E-state index contributed by atoms with van der Waals surface area (Å²) in [5, 5.41) is 8.82. The molecule has 0 saturated heterocycles. The Morgan fingerprint density at radius 2 is 0.684 bits per heavy atom. The molecule has 0 unspecified atom stereocenters. The van der Waals surface area contributed by atoms with E-state index < -0.39 is 201 Å². The van der Waals surface area contributed by atoms with Gasteiger partial charge in [0.1, 0.15) is 12.6 Å². The van der Waals surface area contributed by atoms with Gasteiger partial charge in [-0.3, -0.25) is 14.6 Å². The first-order valence-electron chi connectivity index (χ1n) is 20.4. The van der Waals surface area contributed by atoms with E-state index in [1.54, 1.807) is 35.0 Å². The van der Waals surface area contributed by atoms with E-state index in [0.717, 1.165) is 0 Å². The maximum atomic E-state index is 14.2. The van der Waals surface area contributed by atoms with Crippen LogP contribution in [0.4, 0.5) is 105 Å². The summed E-state index contributed by atoms with van der Waals surface area (Å²) in [6.45, 7) is 0.106. The molecule has 0 aliphatic heterocycles. The fourth-order valence-electron chi connectivity index (χ4n) is 7.81. The zero-order valence-electron chi connectivity index (χ0n) is 36.8. The highest BCUT2D eigenvalue weighted by Crippen LogP contribution is 2.41. The Labute approximate surface area is 408 Å². The third kappa shape index (κ3) is 13.9. The summed E-state index contributed by atoms with van der Waals surface area (Å²) < 4.78 is 342. The molecule has 0 aliphatic rings. The lowest BCUT2D eigenvalue weighted by molar-refractivity contribution is -0.690. The van der Waals surface area contributed by atoms with E-state index >= 15 is 0 Å². The molecule has 6 aromatic rings. The molecule has 5 nitrogen and oxygen atoms in total. The van der Waals surface area contributed by atoms with Crippen molar-refractivity contribution in [3.05, 3.63) is 177 Å². The van der Waals surface area contributed by atoms with Gasteiger partial charge >= 0.3 is 55.4 Å². The quantitative estimate of drug-likeness (QED) is 0.0678. The van der Waals surface area contributed by atoms with Crippen LogP contribution in [0, 0.1) is 0 Å². The van der Waals surface area contributed by atoms with Crippen LogP contribution in [-0.2, 0) is 67.2 Å². The number of carboxylic acid groups (broad SMARTS) is 1. The van der Waals surface area contributed by atoms with Gasteiger partial charge in [0.2, 0.25) is 18.0 Å². The molecule has 0 radical (unpaired) electrons. The number of carbonyl (C=O) groups is 2. The molecule has 0 saturated carbocycles. The predicted octanol–water partition coefficient (Wildman–Crippen LogP) is 12.1. The summed E-state index contributed by atoms with van der Waals surface area (Å²) >= 11 is 0. The van der Waals surface area contributed by atoms with Crippen LogP contribution in [0.1, 0.15) is 60.6 Å². The van der Waals surface area contributed by atoms with Crippen LogP contribution < -0.4 is 26.4 Å². The van der Waals surface area contributed by atoms with Crippen molar-refractivity contribution in [3.63, 3.8) is 0 Å². The summed E-state index contributed by atoms with van der Waals surface area (Å²) in [6, 6.07) is 0.0918. The lowest BCUT2D eigenvalue weighted by Crippen LogP contribution is -2.75. The highest BCUT2D eigenvalue weighted by Gasteiger charge is 2.47. The number of rotatable bonds is 9. The summed E-state index contributed by atoms with van der Waals surface area (Å²) in [7, 11) is 0. The van der Waals surface area contributed by atoms with E-state index in [2.05, 4.69) is 4.98 Å². The van der Waals surface area contributed by atoms with E-state index in [9.17, 15) is 115 Å². The second kappa shape index (κ2) is 20.7. The molecule has 408 valence electrons. The van der Waals surface area contributed by atoms with Crippen molar-refractivity contribution >= 4 is 39.7 Å². The van der Waals surface area contributed by atoms with Crippen molar-refractivity contribution in [1.82, 2.24) is 4.98 Å². The molecule has 1 N–H and O–H groups in total.